The zero-order chi connectivity index (χ0) is 12.0. The van der Waals surface area contributed by atoms with Gasteiger partial charge in [-0.25, -0.2) is 0 Å². The van der Waals surface area contributed by atoms with Gasteiger partial charge in [-0.3, -0.25) is 4.79 Å². The first-order chi connectivity index (χ1) is 7.59. The van der Waals surface area contributed by atoms with Crippen LogP contribution in [0.1, 0.15) is 51.9 Å². The number of halogens is 1. The van der Waals surface area contributed by atoms with Gasteiger partial charge in [0.25, 0.3) is 0 Å². The molecule has 1 aliphatic carbocycles. The van der Waals surface area contributed by atoms with Crippen LogP contribution < -0.4 is 0 Å². The maximum atomic E-state index is 11.9. The van der Waals surface area contributed by atoms with Crippen molar-refractivity contribution >= 4 is 17.5 Å². The Kier molecular flexibility index (Phi) is 6.18. The summed E-state index contributed by atoms with van der Waals surface area (Å²) >= 11 is 5.88. The quantitative estimate of drug-likeness (QED) is 0.680. The maximum absolute atomic E-state index is 11.9. The van der Waals surface area contributed by atoms with Crippen LogP contribution in [0, 0.1) is 5.92 Å². The highest BCUT2D eigenvalue weighted by atomic mass is 35.5. The van der Waals surface area contributed by atoms with Crippen LogP contribution in [0.3, 0.4) is 0 Å². The van der Waals surface area contributed by atoms with Crippen LogP contribution in [-0.2, 0) is 4.79 Å². The lowest BCUT2D eigenvalue weighted by atomic mass is 9.87. The van der Waals surface area contributed by atoms with Crippen molar-refractivity contribution in [1.82, 2.24) is 4.90 Å². The van der Waals surface area contributed by atoms with Crippen molar-refractivity contribution < 1.29 is 4.79 Å². The SMILES string of the molecule is CC(Cl)CCN(C)C(=O)CC1CCCCC1. The van der Waals surface area contributed by atoms with Crippen molar-refractivity contribution in [2.24, 2.45) is 5.92 Å². The molecule has 1 rings (SSSR count). The molecule has 0 heterocycles. The molecule has 0 aromatic rings. The average molecular weight is 246 g/mol. The molecule has 0 radical (unpaired) electrons. The van der Waals surface area contributed by atoms with Crippen LogP contribution in [0.15, 0.2) is 0 Å². The summed E-state index contributed by atoms with van der Waals surface area (Å²) in [4.78, 5) is 13.7. The van der Waals surface area contributed by atoms with Crippen LogP contribution in [0.4, 0.5) is 0 Å². The fraction of sp³-hybridized carbons (Fsp3) is 0.923. The summed E-state index contributed by atoms with van der Waals surface area (Å²) < 4.78 is 0. The zero-order valence-electron chi connectivity index (χ0n) is 10.5. The van der Waals surface area contributed by atoms with E-state index in [9.17, 15) is 4.79 Å². The highest BCUT2D eigenvalue weighted by molar-refractivity contribution is 6.20. The molecule has 2 nitrogen and oxygen atoms in total. The fourth-order valence-corrected chi connectivity index (χ4v) is 2.39. The lowest BCUT2D eigenvalue weighted by Crippen LogP contribution is -2.30. The van der Waals surface area contributed by atoms with Gasteiger partial charge in [-0.15, -0.1) is 11.6 Å². The summed E-state index contributed by atoms with van der Waals surface area (Å²) in [6.07, 6.45) is 8.07. The summed E-state index contributed by atoms with van der Waals surface area (Å²) in [5.74, 6) is 0.932. The van der Waals surface area contributed by atoms with Crippen molar-refractivity contribution in [3.8, 4) is 0 Å². The third kappa shape index (κ3) is 5.20. The van der Waals surface area contributed by atoms with Gasteiger partial charge in [-0.2, -0.15) is 0 Å². The molecule has 0 N–H and O–H groups in total. The van der Waals surface area contributed by atoms with Gasteiger partial charge < -0.3 is 4.90 Å². The highest BCUT2D eigenvalue weighted by Gasteiger charge is 2.19. The standard InChI is InChI=1S/C13H24ClNO/c1-11(14)8-9-15(2)13(16)10-12-6-4-3-5-7-12/h11-12H,3-10H2,1-2H3. The maximum Gasteiger partial charge on any atom is 0.222 e. The van der Waals surface area contributed by atoms with Crippen molar-refractivity contribution in [3.63, 3.8) is 0 Å². The molecular formula is C13H24ClNO. The van der Waals surface area contributed by atoms with Crippen molar-refractivity contribution in [2.45, 2.75) is 57.2 Å². The summed E-state index contributed by atoms with van der Waals surface area (Å²) in [5, 5.41) is 0.157. The van der Waals surface area contributed by atoms with Gasteiger partial charge in [0.05, 0.1) is 0 Å². The lowest BCUT2D eigenvalue weighted by Gasteiger charge is -2.24. The van der Waals surface area contributed by atoms with Gasteiger partial charge in [0.2, 0.25) is 5.91 Å². The van der Waals surface area contributed by atoms with Crippen molar-refractivity contribution in [2.75, 3.05) is 13.6 Å². The molecule has 0 bridgehead atoms. The minimum Gasteiger partial charge on any atom is -0.346 e. The van der Waals surface area contributed by atoms with E-state index in [1.165, 1.54) is 32.1 Å². The van der Waals surface area contributed by atoms with E-state index in [1.54, 1.807) is 0 Å². The molecule has 0 aliphatic heterocycles. The number of carbonyl (C=O) groups excluding carboxylic acids is 1. The second-order valence-electron chi connectivity index (χ2n) is 5.09. The molecule has 1 aliphatic rings. The Morgan fingerprint density at radius 1 is 1.38 bits per heavy atom. The molecule has 0 aromatic carbocycles. The number of nitrogens with zero attached hydrogens (tertiary/aromatic N) is 1. The fourth-order valence-electron chi connectivity index (χ4n) is 2.29. The van der Waals surface area contributed by atoms with Crippen LogP contribution in [-0.4, -0.2) is 29.8 Å². The molecule has 1 amide bonds. The molecule has 1 unspecified atom stereocenters. The van der Waals surface area contributed by atoms with E-state index in [0.717, 1.165) is 19.4 Å². The topological polar surface area (TPSA) is 20.3 Å². The summed E-state index contributed by atoms with van der Waals surface area (Å²) in [7, 11) is 1.89. The Morgan fingerprint density at radius 3 is 2.56 bits per heavy atom. The van der Waals surface area contributed by atoms with E-state index >= 15 is 0 Å². The molecular weight excluding hydrogens is 222 g/mol. The van der Waals surface area contributed by atoms with E-state index < -0.39 is 0 Å². The van der Waals surface area contributed by atoms with Gasteiger partial charge in [-0.05, 0) is 32.1 Å². The van der Waals surface area contributed by atoms with E-state index in [0.29, 0.717) is 11.8 Å². The monoisotopic (exact) mass is 245 g/mol. The van der Waals surface area contributed by atoms with Gasteiger partial charge in [0, 0.05) is 25.4 Å². The predicted molar refractivity (Wildman–Crippen MR) is 68.8 cm³/mol. The number of rotatable bonds is 5. The lowest BCUT2D eigenvalue weighted by molar-refractivity contribution is -0.131. The smallest absolute Gasteiger partial charge is 0.222 e. The molecule has 1 atom stereocenters. The first kappa shape index (κ1) is 13.8. The minimum atomic E-state index is 0.157. The molecule has 0 spiro atoms. The molecule has 16 heavy (non-hydrogen) atoms. The summed E-state index contributed by atoms with van der Waals surface area (Å²) in [6, 6.07) is 0. The van der Waals surface area contributed by atoms with Gasteiger partial charge in [0.1, 0.15) is 0 Å². The number of alkyl halides is 1. The van der Waals surface area contributed by atoms with E-state index in [-0.39, 0.29) is 5.38 Å². The van der Waals surface area contributed by atoms with Crippen molar-refractivity contribution in [1.29, 1.82) is 0 Å². The first-order valence-electron chi connectivity index (χ1n) is 6.47. The van der Waals surface area contributed by atoms with Crippen molar-refractivity contribution in [3.05, 3.63) is 0 Å². The molecule has 1 fully saturated rings. The Balaban J connectivity index is 2.22. The normalized spacial score (nSPS) is 19.4. The Bertz CT molecular complexity index is 212. The van der Waals surface area contributed by atoms with Crippen LogP contribution in [0.25, 0.3) is 0 Å². The molecule has 94 valence electrons. The van der Waals surface area contributed by atoms with E-state index in [1.807, 2.05) is 18.9 Å². The van der Waals surface area contributed by atoms with Gasteiger partial charge in [-0.1, -0.05) is 19.3 Å². The first-order valence-corrected chi connectivity index (χ1v) is 6.91. The Morgan fingerprint density at radius 2 is 2.00 bits per heavy atom. The second kappa shape index (κ2) is 7.16. The zero-order valence-corrected chi connectivity index (χ0v) is 11.3. The summed E-state index contributed by atoms with van der Waals surface area (Å²) in [6.45, 7) is 2.76. The third-order valence-electron chi connectivity index (χ3n) is 3.48. The molecule has 1 saturated carbocycles. The number of hydrogen-bond acceptors (Lipinski definition) is 1. The van der Waals surface area contributed by atoms with Crippen LogP contribution in [0.2, 0.25) is 0 Å². The largest absolute Gasteiger partial charge is 0.346 e. The number of hydrogen-bond donors (Lipinski definition) is 0. The number of carbonyl (C=O) groups is 1. The Labute approximate surface area is 104 Å². The molecule has 3 heteroatoms. The minimum absolute atomic E-state index is 0.157. The average Bonchev–Trinajstić information content (AvgIpc) is 2.27. The van der Waals surface area contributed by atoms with Gasteiger partial charge >= 0.3 is 0 Å². The van der Waals surface area contributed by atoms with E-state index in [4.69, 9.17) is 11.6 Å². The Hall–Kier alpha value is -0.240. The van der Waals surface area contributed by atoms with Crippen LogP contribution >= 0.6 is 11.6 Å². The molecule has 0 saturated heterocycles. The predicted octanol–water partition coefficient (Wildman–Crippen LogP) is 3.43. The van der Waals surface area contributed by atoms with E-state index in [2.05, 4.69) is 0 Å². The second-order valence-corrected chi connectivity index (χ2v) is 5.84. The number of amides is 1. The van der Waals surface area contributed by atoms with Crippen LogP contribution in [0.5, 0.6) is 0 Å². The third-order valence-corrected chi connectivity index (χ3v) is 3.69. The highest BCUT2D eigenvalue weighted by Crippen LogP contribution is 2.26. The summed E-state index contributed by atoms with van der Waals surface area (Å²) in [5.41, 5.74) is 0. The van der Waals surface area contributed by atoms with Gasteiger partial charge in [0.15, 0.2) is 0 Å². The molecule has 0 aromatic heterocycles.